The van der Waals surface area contributed by atoms with Crippen LogP contribution in [0.1, 0.15) is 20.3 Å². The van der Waals surface area contributed by atoms with Crippen molar-refractivity contribution in [3.63, 3.8) is 0 Å². The van der Waals surface area contributed by atoms with Gasteiger partial charge in [0.1, 0.15) is 11.9 Å². The number of rotatable bonds is 6. The summed E-state index contributed by atoms with van der Waals surface area (Å²) < 4.78 is 22.5. The van der Waals surface area contributed by atoms with Crippen LogP contribution in [0.5, 0.6) is 0 Å². The summed E-state index contributed by atoms with van der Waals surface area (Å²) in [6.45, 7) is 4.51. The first-order valence-electron chi connectivity index (χ1n) is 10.0. The van der Waals surface area contributed by atoms with Crippen LogP contribution in [0.2, 0.25) is 0 Å². The molecule has 0 spiro atoms. The molecule has 0 saturated carbocycles. The van der Waals surface area contributed by atoms with Gasteiger partial charge < -0.3 is 4.74 Å². The van der Waals surface area contributed by atoms with E-state index in [1.165, 1.54) is 23.9 Å². The molecule has 31 heavy (non-hydrogen) atoms. The molecule has 1 aromatic carbocycles. The van der Waals surface area contributed by atoms with Gasteiger partial charge in [-0.2, -0.15) is 0 Å². The van der Waals surface area contributed by atoms with Gasteiger partial charge in [-0.1, -0.05) is 37.7 Å². The number of carbonyl (C=O) groups excluding carboxylic acids is 1. The molecule has 1 aliphatic rings. The van der Waals surface area contributed by atoms with E-state index < -0.39 is 6.10 Å². The van der Waals surface area contributed by atoms with E-state index >= 15 is 0 Å². The Balaban J connectivity index is 1.79. The highest BCUT2D eigenvalue weighted by molar-refractivity contribution is 7.98. The Morgan fingerprint density at radius 2 is 1.94 bits per heavy atom. The van der Waals surface area contributed by atoms with Crippen LogP contribution in [0, 0.1) is 11.7 Å². The average Bonchev–Trinajstić information content (AvgIpc) is 3.25. The van der Waals surface area contributed by atoms with Gasteiger partial charge in [0.2, 0.25) is 0 Å². The van der Waals surface area contributed by atoms with Crippen molar-refractivity contribution in [3.05, 3.63) is 52.7 Å². The summed E-state index contributed by atoms with van der Waals surface area (Å²) in [5, 5.41) is 0.577. The van der Waals surface area contributed by atoms with E-state index in [2.05, 4.69) is 9.97 Å². The molecule has 162 valence electrons. The zero-order chi connectivity index (χ0) is 22.1. The van der Waals surface area contributed by atoms with Crippen LogP contribution >= 0.6 is 11.8 Å². The Bertz CT molecular complexity index is 1170. The number of ether oxygens (including phenoxy) is 1. The van der Waals surface area contributed by atoms with Gasteiger partial charge in [-0.15, -0.1) is 0 Å². The zero-order valence-electron chi connectivity index (χ0n) is 17.5. The molecule has 4 rings (SSSR count). The van der Waals surface area contributed by atoms with E-state index in [0.717, 1.165) is 0 Å². The fourth-order valence-corrected chi connectivity index (χ4v) is 4.11. The molecule has 0 bridgehead atoms. The number of hydrogen-bond acceptors (Lipinski definition) is 6. The minimum absolute atomic E-state index is 0.196. The van der Waals surface area contributed by atoms with Crippen LogP contribution in [0.3, 0.4) is 0 Å². The van der Waals surface area contributed by atoms with Gasteiger partial charge in [0, 0.05) is 12.6 Å². The quantitative estimate of drug-likeness (QED) is 0.330. The smallest absolute Gasteiger partial charge is 0.306 e. The molecule has 0 saturated heterocycles. The first kappa shape index (κ1) is 21.3. The van der Waals surface area contributed by atoms with Crippen molar-refractivity contribution in [1.82, 2.24) is 19.3 Å². The molecule has 0 radical (unpaired) electrons. The molecule has 1 atom stereocenters. The molecule has 1 aliphatic heterocycles. The third-order valence-electron chi connectivity index (χ3n) is 5.05. The predicted octanol–water partition coefficient (Wildman–Crippen LogP) is 3.61. The van der Waals surface area contributed by atoms with Gasteiger partial charge in [-0.25, -0.2) is 19.0 Å². The Labute approximate surface area is 183 Å². The van der Waals surface area contributed by atoms with Crippen molar-refractivity contribution in [1.29, 1.82) is 0 Å². The molecule has 7 nitrogen and oxygen atoms in total. The molecule has 0 fully saturated rings. The lowest BCUT2D eigenvalue weighted by atomic mass is 10.0. The number of halogens is 1. The van der Waals surface area contributed by atoms with Crippen molar-refractivity contribution in [2.45, 2.75) is 44.6 Å². The maximum atomic E-state index is 13.5. The van der Waals surface area contributed by atoms with E-state index in [-0.39, 0.29) is 29.8 Å². The van der Waals surface area contributed by atoms with E-state index in [1.807, 2.05) is 20.1 Å². The number of carbonyl (C=O) groups is 1. The van der Waals surface area contributed by atoms with E-state index in [0.29, 0.717) is 40.6 Å². The van der Waals surface area contributed by atoms with Crippen molar-refractivity contribution < 1.29 is 13.9 Å². The molecule has 3 aromatic rings. The number of hydrogen-bond donors (Lipinski definition) is 0. The molecule has 0 aliphatic carbocycles. The SMILES string of the molecule is CSc1nccc(-c2c(-c3ccc(F)cc3)c(=O)n3n2CC(OC(=O)CC(C)C)C3)n1. The number of esters is 1. The van der Waals surface area contributed by atoms with E-state index in [1.54, 1.807) is 33.8 Å². The maximum Gasteiger partial charge on any atom is 0.306 e. The largest absolute Gasteiger partial charge is 0.458 e. The van der Waals surface area contributed by atoms with Crippen LogP contribution in [-0.4, -0.2) is 37.7 Å². The Morgan fingerprint density at radius 1 is 1.23 bits per heavy atom. The third kappa shape index (κ3) is 4.27. The number of fused-ring (bicyclic) bond motifs is 1. The molecular formula is C22H23FN4O3S. The summed E-state index contributed by atoms with van der Waals surface area (Å²) in [7, 11) is 0. The topological polar surface area (TPSA) is 79.0 Å². The normalized spacial score (nSPS) is 15.3. The summed E-state index contributed by atoms with van der Waals surface area (Å²) in [6.07, 6.45) is 3.42. The first-order valence-corrected chi connectivity index (χ1v) is 11.3. The van der Waals surface area contributed by atoms with Crippen LogP contribution in [0.25, 0.3) is 22.5 Å². The second-order valence-electron chi connectivity index (χ2n) is 7.84. The molecular weight excluding hydrogens is 419 g/mol. The monoisotopic (exact) mass is 442 g/mol. The third-order valence-corrected chi connectivity index (χ3v) is 5.61. The lowest BCUT2D eigenvalue weighted by molar-refractivity contribution is -0.150. The van der Waals surface area contributed by atoms with Gasteiger partial charge in [0.15, 0.2) is 5.16 Å². The van der Waals surface area contributed by atoms with Crippen molar-refractivity contribution >= 4 is 17.7 Å². The van der Waals surface area contributed by atoms with E-state index in [9.17, 15) is 14.0 Å². The highest BCUT2D eigenvalue weighted by Gasteiger charge is 2.32. The Kier molecular flexibility index (Phi) is 5.95. The first-order chi connectivity index (χ1) is 14.9. The Morgan fingerprint density at radius 3 is 2.61 bits per heavy atom. The van der Waals surface area contributed by atoms with Crippen molar-refractivity contribution in [2.24, 2.45) is 5.92 Å². The van der Waals surface area contributed by atoms with Gasteiger partial charge in [0.05, 0.1) is 30.0 Å². The molecule has 0 N–H and O–H groups in total. The van der Waals surface area contributed by atoms with Gasteiger partial charge in [-0.3, -0.25) is 14.3 Å². The van der Waals surface area contributed by atoms with Gasteiger partial charge in [0.25, 0.3) is 5.56 Å². The second-order valence-corrected chi connectivity index (χ2v) is 8.61. The van der Waals surface area contributed by atoms with E-state index in [4.69, 9.17) is 4.74 Å². The van der Waals surface area contributed by atoms with Crippen LogP contribution in [0.4, 0.5) is 4.39 Å². The molecule has 9 heteroatoms. The van der Waals surface area contributed by atoms with Crippen molar-refractivity contribution in [2.75, 3.05) is 6.26 Å². The standard InChI is InChI=1S/C22H23FN4O3S/c1-13(2)10-18(28)30-16-11-26-20(17-8-9-24-22(25-17)31-3)19(21(29)27(26)12-16)14-4-6-15(23)7-5-14/h4-9,13,16H,10-12H2,1-3H3. The lowest BCUT2D eigenvalue weighted by Crippen LogP contribution is -2.24. The molecule has 2 aromatic heterocycles. The molecule has 3 heterocycles. The number of aromatic nitrogens is 4. The summed E-state index contributed by atoms with van der Waals surface area (Å²) in [4.78, 5) is 34.3. The fraction of sp³-hybridized carbons (Fsp3) is 0.364. The minimum atomic E-state index is -0.429. The second kappa shape index (κ2) is 8.66. The van der Waals surface area contributed by atoms with Crippen LogP contribution in [-0.2, 0) is 22.6 Å². The zero-order valence-corrected chi connectivity index (χ0v) is 18.4. The summed E-state index contributed by atoms with van der Waals surface area (Å²) >= 11 is 1.40. The minimum Gasteiger partial charge on any atom is -0.458 e. The number of nitrogens with zero attached hydrogens (tertiary/aromatic N) is 4. The summed E-state index contributed by atoms with van der Waals surface area (Å²) in [5.74, 6) is -0.450. The number of thioether (sulfide) groups is 1. The molecule has 0 amide bonds. The van der Waals surface area contributed by atoms with Crippen LogP contribution in [0.15, 0.2) is 46.5 Å². The number of benzene rings is 1. The van der Waals surface area contributed by atoms with Crippen molar-refractivity contribution in [3.8, 4) is 22.5 Å². The van der Waals surface area contributed by atoms with Gasteiger partial charge >= 0.3 is 5.97 Å². The van der Waals surface area contributed by atoms with Crippen LogP contribution < -0.4 is 5.56 Å². The summed E-state index contributed by atoms with van der Waals surface area (Å²) in [5.41, 5.74) is 2.01. The predicted molar refractivity (Wildman–Crippen MR) is 116 cm³/mol. The fourth-order valence-electron chi connectivity index (χ4n) is 3.75. The summed E-state index contributed by atoms with van der Waals surface area (Å²) in [6, 6.07) is 7.57. The highest BCUT2D eigenvalue weighted by Crippen LogP contribution is 2.32. The highest BCUT2D eigenvalue weighted by atomic mass is 32.2. The average molecular weight is 443 g/mol. The molecule has 1 unspecified atom stereocenters. The Hall–Kier alpha value is -2.94. The lowest BCUT2D eigenvalue weighted by Gasteiger charge is -2.13. The maximum absolute atomic E-state index is 13.5. The van der Waals surface area contributed by atoms with Gasteiger partial charge in [-0.05, 0) is 35.9 Å².